The van der Waals surface area contributed by atoms with Gasteiger partial charge in [-0.2, -0.15) is 4.39 Å². The fraction of sp³-hybridized carbons (Fsp3) is 0.174. The van der Waals surface area contributed by atoms with E-state index in [-0.39, 0.29) is 18.1 Å². The van der Waals surface area contributed by atoms with Crippen LogP contribution in [-0.2, 0) is 16.0 Å². The molecule has 6 nitrogen and oxygen atoms in total. The predicted octanol–water partition coefficient (Wildman–Crippen LogP) is 3.89. The van der Waals surface area contributed by atoms with Crippen LogP contribution in [0.15, 0.2) is 60.8 Å². The van der Waals surface area contributed by atoms with E-state index in [0.717, 1.165) is 28.5 Å². The summed E-state index contributed by atoms with van der Waals surface area (Å²) in [5.74, 6) is -3.51. The summed E-state index contributed by atoms with van der Waals surface area (Å²) in [6, 6.07) is 14.7. The number of hydrogen-bond donors (Lipinski definition) is 2. The molecule has 0 fully saturated rings. The summed E-state index contributed by atoms with van der Waals surface area (Å²) in [6.07, 6.45) is -0.441. The minimum Gasteiger partial charge on any atom is -0.480 e. The van der Waals surface area contributed by atoms with Crippen molar-refractivity contribution >= 4 is 12.1 Å². The number of ether oxygens (including phenoxy) is 1. The highest BCUT2D eigenvalue weighted by atomic mass is 19.1. The standard InChI is InChI=1S/C23H18F2N2O4/c24-19-10-21(25)26-11-13(19)9-20(22(28)29)27-23(30)31-12-18-16-7-3-1-5-14(16)15-6-2-4-8-17(15)18/h1-8,10-11,18,20H,9,12H2,(H,27,30)(H,28,29)/t20-/m0/s1. The first-order valence-corrected chi connectivity index (χ1v) is 9.58. The van der Waals surface area contributed by atoms with E-state index in [4.69, 9.17) is 4.74 Å². The van der Waals surface area contributed by atoms with Crippen molar-refractivity contribution in [1.82, 2.24) is 10.3 Å². The van der Waals surface area contributed by atoms with Crippen molar-refractivity contribution in [3.63, 3.8) is 0 Å². The number of alkyl carbamates (subject to hydrolysis) is 1. The van der Waals surface area contributed by atoms with Gasteiger partial charge in [0.25, 0.3) is 0 Å². The Balaban J connectivity index is 1.44. The summed E-state index contributed by atoms with van der Waals surface area (Å²) in [6.45, 7) is 0.0126. The van der Waals surface area contributed by atoms with Crippen LogP contribution < -0.4 is 5.32 Å². The number of carbonyl (C=O) groups excluding carboxylic acids is 1. The number of aromatic nitrogens is 1. The average Bonchev–Trinajstić information content (AvgIpc) is 3.07. The van der Waals surface area contributed by atoms with Gasteiger partial charge in [-0.3, -0.25) is 0 Å². The summed E-state index contributed by atoms with van der Waals surface area (Å²) in [5.41, 5.74) is 4.04. The minimum atomic E-state index is -1.46. The van der Waals surface area contributed by atoms with Crippen LogP contribution in [0.3, 0.4) is 0 Å². The summed E-state index contributed by atoms with van der Waals surface area (Å²) in [5, 5.41) is 11.6. The number of fused-ring (bicyclic) bond motifs is 3. The summed E-state index contributed by atoms with van der Waals surface area (Å²) < 4.78 is 32.1. The Bertz CT molecular complexity index is 1110. The number of benzene rings is 2. The van der Waals surface area contributed by atoms with Crippen LogP contribution in [0, 0.1) is 11.8 Å². The van der Waals surface area contributed by atoms with Crippen LogP contribution >= 0.6 is 0 Å². The molecule has 8 heteroatoms. The molecule has 158 valence electrons. The fourth-order valence-electron chi connectivity index (χ4n) is 3.79. The van der Waals surface area contributed by atoms with Crippen molar-refractivity contribution in [2.24, 2.45) is 0 Å². The van der Waals surface area contributed by atoms with E-state index in [1.54, 1.807) is 0 Å². The number of hydrogen-bond acceptors (Lipinski definition) is 4. The highest BCUT2D eigenvalue weighted by Crippen LogP contribution is 2.44. The maximum absolute atomic E-state index is 13.8. The van der Waals surface area contributed by atoms with Gasteiger partial charge < -0.3 is 15.2 Å². The van der Waals surface area contributed by atoms with Gasteiger partial charge in [-0.05, 0) is 22.3 Å². The number of nitrogens with zero attached hydrogens (tertiary/aromatic N) is 1. The molecular weight excluding hydrogens is 406 g/mol. The second kappa shape index (κ2) is 8.51. The number of pyridine rings is 1. The molecule has 2 aromatic carbocycles. The summed E-state index contributed by atoms with van der Waals surface area (Å²) in [7, 11) is 0. The fourth-order valence-corrected chi connectivity index (χ4v) is 3.79. The van der Waals surface area contributed by atoms with Gasteiger partial charge in [0.15, 0.2) is 0 Å². The van der Waals surface area contributed by atoms with Crippen LogP contribution in [0.4, 0.5) is 13.6 Å². The largest absolute Gasteiger partial charge is 0.480 e. The molecule has 4 rings (SSSR count). The van der Waals surface area contributed by atoms with Gasteiger partial charge in [0.05, 0.1) is 0 Å². The lowest BCUT2D eigenvalue weighted by atomic mass is 9.98. The zero-order valence-corrected chi connectivity index (χ0v) is 16.2. The smallest absolute Gasteiger partial charge is 0.407 e. The SMILES string of the molecule is O=C(N[C@@H](Cc1cnc(F)cc1F)C(=O)O)OCC1c2ccccc2-c2ccccc21. The normalized spacial score (nSPS) is 13.2. The molecule has 1 aliphatic carbocycles. The molecule has 0 saturated carbocycles. The van der Waals surface area contributed by atoms with Crippen LogP contribution in [0.1, 0.15) is 22.6 Å². The zero-order chi connectivity index (χ0) is 22.0. The first-order chi connectivity index (χ1) is 14.9. The third-order valence-corrected chi connectivity index (χ3v) is 5.25. The lowest BCUT2D eigenvalue weighted by Gasteiger charge is -2.17. The Hall–Kier alpha value is -3.81. The maximum Gasteiger partial charge on any atom is 0.407 e. The van der Waals surface area contributed by atoms with Crippen molar-refractivity contribution < 1.29 is 28.2 Å². The van der Waals surface area contributed by atoms with Crippen molar-refractivity contribution in [1.29, 1.82) is 0 Å². The molecule has 0 radical (unpaired) electrons. The highest BCUT2D eigenvalue weighted by molar-refractivity contribution is 5.81. The van der Waals surface area contributed by atoms with E-state index >= 15 is 0 Å². The van der Waals surface area contributed by atoms with Crippen molar-refractivity contribution in [3.8, 4) is 11.1 Å². The van der Waals surface area contributed by atoms with Gasteiger partial charge >= 0.3 is 12.1 Å². The number of aliphatic carboxylic acids is 1. The summed E-state index contributed by atoms with van der Waals surface area (Å²) in [4.78, 5) is 27.1. The van der Waals surface area contributed by atoms with Crippen molar-refractivity contribution in [2.45, 2.75) is 18.4 Å². The second-order valence-corrected chi connectivity index (χ2v) is 7.16. The number of carboxylic acids is 1. The van der Waals surface area contributed by atoms with E-state index in [1.165, 1.54) is 0 Å². The topological polar surface area (TPSA) is 88.5 Å². The first kappa shape index (κ1) is 20.5. The molecule has 0 unspecified atom stereocenters. The molecule has 0 bridgehead atoms. The molecule has 2 N–H and O–H groups in total. The monoisotopic (exact) mass is 424 g/mol. The van der Waals surface area contributed by atoms with E-state index in [0.29, 0.717) is 6.07 Å². The quantitative estimate of drug-likeness (QED) is 0.586. The van der Waals surface area contributed by atoms with E-state index in [9.17, 15) is 23.5 Å². The molecule has 0 spiro atoms. The highest BCUT2D eigenvalue weighted by Gasteiger charge is 2.30. The lowest BCUT2D eigenvalue weighted by Crippen LogP contribution is -2.43. The number of rotatable bonds is 6. The second-order valence-electron chi connectivity index (χ2n) is 7.16. The van der Waals surface area contributed by atoms with Crippen molar-refractivity contribution in [3.05, 3.63) is 89.2 Å². The Labute approximate surface area is 176 Å². The Kier molecular flexibility index (Phi) is 5.62. The van der Waals surface area contributed by atoms with Crippen LogP contribution in [0.2, 0.25) is 0 Å². The molecule has 1 heterocycles. The Morgan fingerprint density at radius 2 is 1.68 bits per heavy atom. The number of amides is 1. The van der Waals surface area contributed by atoms with Gasteiger partial charge in [-0.15, -0.1) is 0 Å². The lowest BCUT2D eigenvalue weighted by molar-refractivity contribution is -0.139. The number of carboxylic acid groups (broad SMARTS) is 1. The molecule has 31 heavy (non-hydrogen) atoms. The van der Waals surface area contributed by atoms with Gasteiger partial charge in [0, 0.05) is 30.2 Å². The Morgan fingerprint density at radius 3 is 2.26 bits per heavy atom. The molecule has 0 saturated heterocycles. The van der Waals surface area contributed by atoms with Gasteiger partial charge in [0.1, 0.15) is 18.5 Å². The zero-order valence-electron chi connectivity index (χ0n) is 16.2. The van der Waals surface area contributed by atoms with Gasteiger partial charge in [0.2, 0.25) is 5.95 Å². The van der Waals surface area contributed by atoms with E-state index in [2.05, 4.69) is 10.3 Å². The van der Waals surface area contributed by atoms with Crippen LogP contribution in [0.25, 0.3) is 11.1 Å². The molecule has 0 aliphatic heterocycles. The first-order valence-electron chi connectivity index (χ1n) is 9.58. The molecule has 3 aromatic rings. The summed E-state index contributed by atoms with van der Waals surface area (Å²) >= 11 is 0. The maximum atomic E-state index is 13.8. The molecule has 1 atom stereocenters. The molecule has 1 amide bonds. The van der Waals surface area contributed by atoms with Gasteiger partial charge in [-0.25, -0.2) is 19.0 Å². The Morgan fingerprint density at radius 1 is 1.06 bits per heavy atom. The van der Waals surface area contributed by atoms with Crippen LogP contribution in [-0.4, -0.2) is 34.8 Å². The van der Waals surface area contributed by atoms with Gasteiger partial charge in [-0.1, -0.05) is 48.5 Å². The number of nitrogens with one attached hydrogen (secondary N) is 1. The van der Waals surface area contributed by atoms with Crippen LogP contribution in [0.5, 0.6) is 0 Å². The third-order valence-electron chi connectivity index (χ3n) is 5.25. The number of halogens is 2. The molecule has 1 aliphatic rings. The number of carbonyl (C=O) groups is 2. The minimum absolute atomic E-state index is 0.0126. The van der Waals surface area contributed by atoms with E-state index in [1.807, 2.05) is 48.5 Å². The average molecular weight is 424 g/mol. The third kappa shape index (κ3) is 4.23. The van der Waals surface area contributed by atoms with E-state index < -0.39 is 36.3 Å². The predicted molar refractivity (Wildman–Crippen MR) is 107 cm³/mol. The molecular formula is C23H18F2N2O4. The molecule has 1 aromatic heterocycles. The van der Waals surface area contributed by atoms with Crippen molar-refractivity contribution in [2.75, 3.05) is 6.61 Å².